The number of aliphatic hydroxyl groups excluding tert-OH is 1. The number of nitrogens with one attached hydrogen (secondary N) is 1. The Balaban J connectivity index is 2.74. The molecule has 0 spiro atoms. The predicted molar refractivity (Wildman–Crippen MR) is 71.4 cm³/mol. The van der Waals surface area contributed by atoms with Crippen molar-refractivity contribution in [3.05, 3.63) is 34.3 Å². The molecule has 0 aliphatic rings. The summed E-state index contributed by atoms with van der Waals surface area (Å²) in [5.74, 6) is 0.557. The zero-order chi connectivity index (χ0) is 12.1. The Morgan fingerprint density at radius 1 is 1.31 bits per heavy atom. The van der Waals surface area contributed by atoms with E-state index in [0.29, 0.717) is 12.0 Å². The van der Waals surface area contributed by atoms with Gasteiger partial charge in [0.15, 0.2) is 0 Å². The van der Waals surface area contributed by atoms with Crippen LogP contribution >= 0.6 is 15.9 Å². The first-order chi connectivity index (χ1) is 7.54. The topological polar surface area (TPSA) is 32.3 Å². The van der Waals surface area contributed by atoms with E-state index >= 15 is 0 Å². The Morgan fingerprint density at radius 3 is 2.50 bits per heavy atom. The van der Waals surface area contributed by atoms with Crippen LogP contribution in [-0.4, -0.2) is 17.8 Å². The molecule has 0 radical (unpaired) electrons. The average molecular weight is 286 g/mol. The van der Waals surface area contributed by atoms with Gasteiger partial charge in [-0.25, -0.2) is 0 Å². The summed E-state index contributed by atoms with van der Waals surface area (Å²) in [6, 6.07) is 8.45. The summed E-state index contributed by atoms with van der Waals surface area (Å²) in [6.07, 6.45) is 0. The minimum Gasteiger partial charge on any atom is -0.394 e. The van der Waals surface area contributed by atoms with Crippen LogP contribution in [0.15, 0.2) is 28.7 Å². The van der Waals surface area contributed by atoms with Gasteiger partial charge in [0.2, 0.25) is 0 Å². The number of hydrogen-bond acceptors (Lipinski definition) is 2. The second-order valence-corrected chi connectivity index (χ2v) is 5.41. The fourth-order valence-electron chi connectivity index (χ4n) is 1.49. The largest absolute Gasteiger partial charge is 0.394 e. The molecule has 0 fully saturated rings. The van der Waals surface area contributed by atoms with E-state index < -0.39 is 0 Å². The summed E-state index contributed by atoms with van der Waals surface area (Å²) in [6.45, 7) is 6.61. The molecule has 0 aliphatic heterocycles. The maximum absolute atomic E-state index is 9.42. The smallest absolute Gasteiger partial charge is 0.0626 e. The van der Waals surface area contributed by atoms with Gasteiger partial charge in [-0.05, 0) is 30.5 Å². The maximum Gasteiger partial charge on any atom is 0.0626 e. The highest BCUT2D eigenvalue weighted by molar-refractivity contribution is 9.10. The van der Waals surface area contributed by atoms with Gasteiger partial charge in [-0.15, -0.1) is 0 Å². The summed E-state index contributed by atoms with van der Waals surface area (Å²) in [4.78, 5) is 0. The molecule has 90 valence electrons. The Kier molecular flexibility index (Phi) is 5.46. The molecule has 0 aromatic heterocycles. The second-order valence-electron chi connectivity index (χ2n) is 4.49. The molecule has 0 saturated carbocycles. The number of rotatable bonds is 5. The van der Waals surface area contributed by atoms with Crippen molar-refractivity contribution in [1.82, 2.24) is 5.32 Å². The normalized spacial score (nSPS) is 15.1. The van der Waals surface area contributed by atoms with Gasteiger partial charge in [-0.2, -0.15) is 0 Å². The van der Waals surface area contributed by atoms with Gasteiger partial charge >= 0.3 is 0 Å². The van der Waals surface area contributed by atoms with Gasteiger partial charge in [0.1, 0.15) is 0 Å². The summed E-state index contributed by atoms with van der Waals surface area (Å²) < 4.78 is 1.04. The van der Waals surface area contributed by atoms with Crippen molar-refractivity contribution in [2.45, 2.75) is 32.9 Å². The van der Waals surface area contributed by atoms with Crippen LogP contribution in [0.2, 0.25) is 0 Å². The van der Waals surface area contributed by atoms with Crippen LogP contribution in [-0.2, 0) is 0 Å². The zero-order valence-electron chi connectivity index (χ0n) is 10.1. The zero-order valence-corrected chi connectivity index (χ0v) is 11.7. The lowest BCUT2D eigenvalue weighted by Gasteiger charge is -2.24. The molecular weight excluding hydrogens is 266 g/mol. The lowest BCUT2D eigenvalue weighted by molar-refractivity contribution is 0.225. The van der Waals surface area contributed by atoms with Crippen LogP contribution < -0.4 is 5.32 Å². The van der Waals surface area contributed by atoms with Gasteiger partial charge in [0, 0.05) is 10.5 Å². The molecular formula is C13H20BrNO. The minimum atomic E-state index is 0.00917. The lowest BCUT2D eigenvalue weighted by atomic mass is 10.0. The third-order valence-corrected chi connectivity index (χ3v) is 3.39. The molecule has 0 saturated heterocycles. The molecule has 1 aromatic carbocycles. The SMILES string of the molecule is CC(C)C(C)NC(CO)c1cccc(Br)c1. The highest BCUT2D eigenvalue weighted by Crippen LogP contribution is 2.19. The first kappa shape index (κ1) is 13.7. The van der Waals surface area contributed by atoms with Gasteiger partial charge in [-0.1, -0.05) is 41.9 Å². The standard InChI is InChI=1S/C13H20BrNO/c1-9(2)10(3)15-13(8-16)11-5-4-6-12(14)7-11/h4-7,9-10,13,15-16H,8H2,1-3H3. The molecule has 2 nitrogen and oxygen atoms in total. The summed E-state index contributed by atoms with van der Waals surface area (Å²) >= 11 is 3.45. The highest BCUT2D eigenvalue weighted by atomic mass is 79.9. The van der Waals surface area contributed by atoms with E-state index in [2.05, 4.69) is 42.0 Å². The van der Waals surface area contributed by atoms with Crippen LogP contribution in [0.5, 0.6) is 0 Å². The van der Waals surface area contributed by atoms with Gasteiger partial charge < -0.3 is 10.4 Å². The Labute approximate surface area is 106 Å². The molecule has 16 heavy (non-hydrogen) atoms. The van der Waals surface area contributed by atoms with E-state index in [1.54, 1.807) is 0 Å². The molecule has 0 amide bonds. The van der Waals surface area contributed by atoms with Crippen LogP contribution in [0.1, 0.15) is 32.4 Å². The fourth-order valence-corrected chi connectivity index (χ4v) is 1.90. The van der Waals surface area contributed by atoms with Crippen LogP contribution in [0.4, 0.5) is 0 Å². The number of hydrogen-bond donors (Lipinski definition) is 2. The van der Waals surface area contributed by atoms with Crippen LogP contribution in [0, 0.1) is 5.92 Å². The molecule has 1 rings (SSSR count). The Bertz CT molecular complexity index is 327. The quantitative estimate of drug-likeness (QED) is 0.871. The van der Waals surface area contributed by atoms with E-state index in [1.165, 1.54) is 0 Å². The van der Waals surface area contributed by atoms with Crippen molar-refractivity contribution < 1.29 is 5.11 Å². The average Bonchev–Trinajstić information content (AvgIpc) is 2.25. The Hall–Kier alpha value is -0.380. The van der Waals surface area contributed by atoms with E-state index in [4.69, 9.17) is 0 Å². The monoisotopic (exact) mass is 285 g/mol. The molecule has 0 aliphatic carbocycles. The van der Waals surface area contributed by atoms with Crippen LogP contribution in [0.3, 0.4) is 0 Å². The first-order valence-corrected chi connectivity index (χ1v) is 6.46. The van der Waals surface area contributed by atoms with Crippen molar-refractivity contribution >= 4 is 15.9 Å². The van der Waals surface area contributed by atoms with Crippen molar-refractivity contribution in [3.8, 4) is 0 Å². The summed E-state index contributed by atoms with van der Waals surface area (Å²) in [5, 5.41) is 12.9. The third kappa shape index (κ3) is 3.89. The number of aliphatic hydroxyl groups is 1. The molecule has 1 aromatic rings. The molecule has 2 atom stereocenters. The van der Waals surface area contributed by atoms with Crippen molar-refractivity contribution in [1.29, 1.82) is 0 Å². The van der Waals surface area contributed by atoms with E-state index in [-0.39, 0.29) is 12.6 Å². The predicted octanol–water partition coefficient (Wildman–Crippen LogP) is 3.12. The second kappa shape index (κ2) is 6.38. The van der Waals surface area contributed by atoms with Gasteiger partial charge in [-0.3, -0.25) is 0 Å². The molecule has 2 N–H and O–H groups in total. The summed E-state index contributed by atoms with van der Waals surface area (Å²) in [7, 11) is 0. The van der Waals surface area contributed by atoms with E-state index in [1.807, 2.05) is 24.3 Å². The molecule has 0 bridgehead atoms. The lowest BCUT2D eigenvalue weighted by Crippen LogP contribution is -2.36. The molecule has 2 unspecified atom stereocenters. The fraction of sp³-hybridized carbons (Fsp3) is 0.538. The third-order valence-electron chi connectivity index (χ3n) is 2.90. The maximum atomic E-state index is 9.42. The van der Waals surface area contributed by atoms with Gasteiger partial charge in [0.25, 0.3) is 0 Å². The molecule has 3 heteroatoms. The molecule has 0 heterocycles. The summed E-state index contributed by atoms with van der Waals surface area (Å²) in [5.41, 5.74) is 1.12. The highest BCUT2D eigenvalue weighted by Gasteiger charge is 2.15. The van der Waals surface area contributed by atoms with Crippen molar-refractivity contribution in [3.63, 3.8) is 0 Å². The van der Waals surface area contributed by atoms with E-state index in [0.717, 1.165) is 10.0 Å². The first-order valence-electron chi connectivity index (χ1n) is 5.67. The number of halogens is 1. The van der Waals surface area contributed by atoms with Crippen molar-refractivity contribution in [2.24, 2.45) is 5.92 Å². The van der Waals surface area contributed by atoms with Crippen molar-refractivity contribution in [2.75, 3.05) is 6.61 Å². The minimum absolute atomic E-state index is 0.00917. The van der Waals surface area contributed by atoms with Gasteiger partial charge in [0.05, 0.1) is 12.6 Å². The Morgan fingerprint density at radius 2 is 2.00 bits per heavy atom. The van der Waals surface area contributed by atoms with E-state index in [9.17, 15) is 5.11 Å². The van der Waals surface area contributed by atoms with Crippen LogP contribution in [0.25, 0.3) is 0 Å². The number of benzene rings is 1.